The average Bonchev–Trinajstić information content (AvgIpc) is 2.18. The molecule has 0 aliphatic carbocycles. The van der Waals surface area contributed by atoms with E-state index in [0.29, 0.717) is 0 Å². The minimum Gasteiger partial charge on any atom is -0.387 e. The van der Waals surface area contributed by atoms with Crippen molar-refractivity contribution < 1.29 is 5.11 Å². The van der Waals surface area contributed by atoms with Crippen LogP contribution in [0.2, 0.25) is 0 Å². The zero-order valence-corrected chi connectivity index (χ0v) is 10.4. The molecule has 1 aromatic rings. The van der Waals surface area contributed by atoms with E-state index in [-0.39, 0.29) is 0 Å². The van der Waals surface area contributed by atoms with Gasteiger partial charge in [0.2, 0.25) is 0 Å². The van der Waals surface area contributed by atoms with Crippen molar-refractivity contribution >= 4 is 11.8 Å². The molecular formula is C12H19NOS. The summed E-state index contributed by atoms with van der Waals surface area (Å²) in [5.41, 5.74) is 0.739. The van der Waals surface area contributed by atoms with E-state index in [1.54, 1.807) is 6.92 Å². The molecule has 84 valence electrons. The number of aliphatic hydroxyl groups excluding tert-OH is 1. The molecule has 0 spiro atoms. The maximum Gasteiger partial charge on any atom is 0.0931 e. The van der Waals surface area contributed by atoms with E-state index < -0.39 is 6.10 Å². The Morgan fingerprint density at radius 2 is 2.07 bits per heavy atom. The lowest BCUT2D eigenvalue weighted by atomic mass is 10.2. The molecule has 1 unspecified atom stereocenters. The van der Waals surface area contributed by atoms with Crippen LogP contribution in [0.4, 0.5) is 0 Å². The van der Waals surface area contributed by atoms with Crippen LogP contribution in [-0.2, 0) is 0 Å². The summed E-state index contributed by atoms with van der Waals surface area (Å²) in [5, 5.41) is 9.29. The second kappa shape index (κ2) is 6.13. The molecule has 0 aliphatic heterocycles. The van der Waals surface area contributed by atoms with Crippen LogP contribution < -0.4 is 0 Å². The molecule has 15 heavy (non-hydrogen) atoms. The molecule has 1 atom stereocenters. The van der Waals surface area contributed by atoms with Crippen molar-refractivity contribution in [2.75, 3.05) is 5.75 Å². The lowest BCUT2D eigenvalue weighted by Gasteiger charge is -2.06. The number of nitrogens with zero attached hydrogens (tertiary/aromatic N) is 1. The molecule has 0 bridgehead atoms. The van der Waals surface area contributed by atoms with Crippen molar-refractivity contribution in [2.24, 2.45) is 5.92 Å². The van der Waals surface area contributed by atoms with E-state index in [0.717, 1.165) is 17.4 Å². The summed E-state index contributed by atoms with van der Waals surface area (Å²) in [6.07, 6.45) is 2.59. The molecule has 0 aliphatic rings. The topological polar surface area (TPSA) is 33.1 Å². The van der Waals surface area contributed by atoms with E-state index in [1.807, 2.05) is 30.1 Å². The second-order valence-electron chi connectivity index (χ2n) is 4.13. The first kappa shape index (κ1) is 12.5. The van der Waals surface area contributed by atoms with E-state index in [1.165, 1.54) is 11.3 Å². The molecule has 0 saturated heterocycles. The third-order valence-corrected chi connectivity index (χ3v) is 3.17. The maximum atomic E-state index is 9.29. The highest BCUT2D eigenvalue weighted by atomic mass is 32.2. The van der Waals surface area contributed by atoms with Gasteiger partial charge in [-0.2, -0.15) is 0 Å². The van der Waals surface area contributed by atoms with Crippen molar-refractivity contribution in [1.82, 2.24) is 4.98 Å². The lowest BCUT2D eigenvalue weighted by molar-refractivity contribution is 0.194. The second-order valence-corrected chi connectivity index (χ2v) is 5.29. The Morgan fingerprint density at radius 3 is 2.53 bits per heavy atom. The molecule has 1 N–H and O–H groups in total. The monoisotopic (exact) mass is 225 g/mol. The van der Waals surface area contributed by atoms with Crippen LogP contribution in [-0.4, -0.2) is 15.8 Å². The van der Waals surface area contributed by atoms with Gasteiger partial charge in [-0.05, 0) is 37.1 Å². The molecule has 1 rings (SSSR count). The molecule has 3 heteroatoms. The van der Waals surface area contributed by atoms with Gasteiger partial charge in [0.1, 0.15) is 0 Å². The van der Waals surface area contributed by atoms with Gasteiger partial charge < -0.3 is 5.11 Å². The van der Waals surface area contributed by atoms with Crippen LogP contribution in [0.5, 0.6) is 0 Å². The molecule has 2 nitrogen and oxygen atoms in total. The van der Waals surface area contributed by atoms with Crippen molar-refractivity contribution in [1.29, 1.82) is 0 Å². The largest absolute Gasteiger partial charge is 0.387 e. The van der Waals surface area contributed by atoms with E-state index in [4.69, 9.17) is 0 Å². The van der Waals surface area contributed by atoms with Crippen molar-refractivity contribution in [3.05, 3.63) is 24.0 Å². The lowest BCUT2D eigenvalue weighted by Crippen LogP contribution is -1.95. The quantitative estimate of drug-likeness (QED) is 0.781. The summed E-state index contributed by atoms with van der Waals surface area (Å²) in [7, 11) is 0. The normalized spacial score (nSPS) is 13.1. The van der Waals surface area contributed by atoms with Gasteiger partial charge >= 0.3 is 0 Å². The first-order valence-electron chi connectivity index (χ1n) is 5.36. The van der Waals surface area contributed by atoms with Gasteiger partial charge in [0.25, 0.3) is 0 Å². The predicted octanol–water partition coefficient (Wildman–Crippen LogP) is 3.27. The fourth-order valence-corrected chi connectivity index (χ4v) is 2.25. The Balaban J connectivity index is 2.43. The van der Waals surface area contributed by atoms with Gasteiger partial charge in [0.15, 0.2) is 0 Å². The molecule has 1 aromatic heterocycles. The molecule has 1 heterocycles. The Labute approximate surface area is 96.1 Å². The first-order chi connectivity index (χ1) is 7.09. The third kappa shape index (κ3) is 4.67. The zero-order valence-electron chi connectivity index (χ0n) is 9.60. The minimum atomic E-state index is -0.472. The third-order valence-electron chi connectivity index (χ3n) is 2.15. The Kier molecular flexibility index (Phi) is 5.12. The van der Waals surface area contributed by atoms with Crippen LogP contribution in [0.3, 0.4) is 0 Å². The fraction of sp³-hybridized carbons (Fsp3) is 0.583. The van der Waals surface area contributed by atoms with Crippen molar-refractivity contribution in [3.63, 3.8) is 0 Å². The number of hydrogen-bond acceptors (Lipinski definition) is 3. The summed E-state index contributed by atoms with van der Waals surface area (Å²) in [4.78, 5) is 5.39. The molecule has 0 radical (unpaired) electrons. The maximum absolute atomic E-state index is 9.29. The van der Waals surface area contributed by atoms with Gasteiger partial charge in [-0.15, -0.1) is 11.8 Å². The van der Waals surface area contributed by atoms with Crippen LogP contribution in [0.25, 0.3) is 0 Å². The summed E-state index contributed by atoms with van der Waals surface area (Å²) in [6, 6.07) is 3.92. The SMILES string of the molecule is CC(C)CCSc1ccc(C(C)O)nc1. The minimum absolute atomic E-state index is 0.472. The standard InChI is InChI=1S/C12H19NOS/c1-9(2)6-7-15-11-4-5-12(10(3)14)13-8-11/h4-5,8-10,14H,6-7H2,1-3H3. The van der Waals surface area contributed by atoms with Gasteiger partial charge in [-0.25, -0.2) is 0 Å². The van der Waals surface area contributed by atoms with Gasteiger partial charge in [-0.1, -0.05) is 13.8 Å². The number of aromatic nitrogens is 1. The van der Waals surface area contributed by atoms with E-state index >= 15 is 0 Å². The first-order valence-corrected chi connectivity index (χ1v) is 6.35. The van der Waals surface area contributed by atoms with Gasteiger partial charge in [0, 0.05) is 11.1 Å². The highest BCUT2D eigenvalue weighted by molar-refractivity contribution is 7.99. The Bertz CT molecular complexity index is 282. The van der Waals surface area contributed by atoms with Crippen LogP contribution in [0.1, 0.15) is 39.0 Å². The predicted molar refractivity (Wildman–Crippen MR) is 65.0 cm³/mol. The van der Waals surface area contributed by atoms with Crippen molar-refractivity contribution in [2.45, 2.75) is 38.2 Å². The van der Waals surface area contributed by atoms with E-state index in [9.17, 15) is 5.11 Å². The molecule has 0 saturated carbocycles. The summed E-state index contributed by atoms with van der Waals surface area (Å²) in [6.45, 7) is 6.19. The average molecular weight is 225 g/mol. The number of pyridine rings is 1. The highest BCUT2D eigenvalue weighted by Gasteiger charge is 2.02. The van der Waals surface area contributed by atoms with Gasteiger partial charge in [0.05, 0.1) is 11.8 Å². The van der Waals surface area contributed by atoms with Crippen molar-refractivity contribution in [3.8, 4) is 0 Å². The van der Waals surface area contributed by atoms with Crippen LogP contribution in [0.15, 0.2) is 23.2 Å². The number of hydrogen-bond donors (Lipinski definition) is 1. The van der Waals surface area contributed by atoms with E-state index in [2.05, 4.69) is 18.8 Å². The van der Waals surface area contributed by atoms with Crippen LogP contribution in [0, 0.1) is 5.92 Å². The highest BCUT2D eigenvalue weighted by Crippen LogP contribution is 2.20. The van der Waals surface area contributed by atoms with Crippen LogP contribution >= 0.6 is 11.8 Å². The smallest absolute Gasteiger partial charge is 0.0931 e. The Hall–Kier alpha value is -0.540. The zero-order chi connectivity index (χ0) is 11.3. The summed E-state index contributed by atoms with van der Waals surface area (Å²) < 4.78 is 0. The molecular weight excluding hydrogens is 206 g/mol. The number of thioether (sulfide) groups is 1. The molecule has 0 amide bonds. The van der Waals surface area contributed by atoms with Gasteiger partial charge in [-0.3, -0.25) is 4.98 Å². The Morgan fingerprint density at radius 1 is 1.33 bits per heavy atom. The summed E-state index contributed by atoms with van der Waals surface area (Å²) in [5.74, 6) is 1.88. The number of aliphatic hydroxyl groups is 1. The molecule has 0 fully saturated rings. The number of rotatable bonds is 5. The summed E-state index contributed by atoms with van der Waals surface area (Å²) >= 11 is 1.83. The molecule has 0 aromatic carbocycles. The fourth-order valence-electron chi connectivity index (χ4n) is 1.14.